The van der Waals surface area contributed by atoms with Crippen molar-refractivity contribution >= 4 is 73.7 Å². The lowest BCUT2D eigenvalue weighted by Gasteiger charge is -2.31. The van der Waals surface area contributed by atoms with E-state index >= 15 is 0 Å². The molecule has 1 saturated carbocycles. The van der Waals surface area contributed by atoms with Crippen molar-refractivity contribution < 1.29 is 9.90 Å². The van der Waals surface area contributed by atoms with Crippen LogP contribution >= 0.6 is 67.8 Å². The van der Waals surface area contributed by atoms with Gasteiger partial charge < -0.3 is 10.4 Å². The number of hydrogen-bond donors (Lipinski definition) is 2. The zero-order valence-electron chi connectivity index (χ0n) is 9.42. The Bertz CT molecular complexity index is 473. The van der Waals surface area contributed by atoms with E-state index in [1.54, 1.807) is 0 Å². The lowest BCUT2D eigenvalue weighted by atomic mass is 9.82. The predicted molar refractivity (Wildman–Crippen MR) is 95.7 cm³/mol. The number of carbonyl (C=O) groups excluding carboxylic acids is 1. The molecular weight excluding hydrogens is 571 g/mol. The third-order valence-electron chi connectivity index (χ3n) is 3.00. The molecule has 0 saturated heterocycles. The largest absolute Gasteiger partial charge is 0.393 e. The predicted octanol–water partition coefficient (Wildman–Crippen LogP) is 3.00. The van der Waals surface area contributed by atoms with Gasteiger partial charge >= 0.3 is 0 Å². The number of aliphatic hydroxyl groups excluding tert-OH is 1. The summed E-state index contributed by atoms with van der Waals surface area (Å²) in [5.74, 6) is 0.417. The molecule has 1 aromatic rings. The van der Waals surface area contributed by atoms with Crippen molar-refractivity contribution in [3.05, 3.63) is 28.4 Å². The maximum atomic E-state index is 12.1. The van der Waals surface area contributed by atoms with E-state index in [9.17, 15) is 9.90 Å². The fraction of sp³-hybridized carbons (Fsp3) is 0.417. The second kappa shape index (κ2) is 6.53. The fourth-order valence-electron chi connectivity index (χ4n) is 1.92. The Morgan fingerprint density at radius 3 is 2.61 bits per heavy atom. The van der Waals surface area contributed by atoms with Gasteiger partial charge in [-0.05, 0) is 98.7 Å². The SMILES string of the molecule is O=C(NCC1CC(O)C1)c1cc(I)cc(I)c1I. The topological polar surface area (TPSA) is 49.3 Å². The summed E-state index contributed by atoms with van der Waals surface area (Å²) in [6.45, 7) is 0.661. The van der Waals surface area contributed by atoms with Gasteiger partial charge in [0.1, 0.15) is 0 Å². The summed E-state index contributed by atoms with van der Waals surface area (Å²) in [6.07, 6.45) is 1.45. The van der Waals surface area contributed by atoms with Gasteiger partial charge in [0.05, 0.1) is 11.7 Å². The first-order valence-corrected chi connectivity index (χ1v) is 8.82. The van der Waals surface area contributed by atoms with Crippen LogP contribution in [0.5, 0.6) is 0 Å². The average molecular weight is 583 g/mol. The van der Waals surface area contributed by atoms with E-state index < -0.39 is 0 Å². The Labute approximate surface area is 147 Å². The second-order valence-corrected chi connectivity index (χ2v) is 7.94. The first kappa shape index (κ1) is 15.2. The van der Waals surface area contributed by atoms with Gasteiger partial charge in [0.2, 0.25) is 0 Å². The zero-order valence-corrected chi connectivity index (χ0v) is 15.9. The Morgan fingerprint density at radius 1 is 1.33 bits per heavy atom. The maximum Gasteiger partial charge on any atom is 0.252 e. The first-order valence-electron chi connectivity index (χ1n) is 5.58. The molecule has 3 nitrogen and oxygen atoms in total. The highest BCUT2D eigenvalue weighted by Crippen LogP contribution is 2.27. The number of rotatable bonds is 3. The van der Waals surface area contributed by atoms with Gasteiger partial charge in [-0.1, -0.05) is 0 Å². The van der Waals surface area contributed by atoms with Gasteiger partial charge in [-0.15, -0.1) is 0 Å². The van der Waals surface area contributed by atoms with Crippen molar-refractivity contribution in [2.45, 2.75) is 18.9 Å². The highest BCUT2D eigenvalue weighted by atomic mass is 127. The van der Waals surface area contributed by atoms with E-state index in [1.807, 2.05) is 6.07 Å². The van der Waals surface area contributed by atoms with Crippen LogP contribution in [0.3, 0.4) is 0 Å². The van der Waals surface area contributed by atoms with Gasteiger partial charge in [0.15, 0.2) is 0 Å². The molecule has 98 valence electrons. The molecule has 0 heterocycles. The van der Waals surface area contributed by atoms with Crippen LogP contribution in [-0.2, 0) is 0 Å². The molecule has 2 N–H and O–H groups in total. The van der Waals surface area contributed by atoms with Crippen molar-refractivity contribution in [2.24, 2.45) is 5.92 Å². The molecular formula is C12H12I3NO2. The van der Waals surface area contributed by atoms with E-state index in [0.717, 1.165) is 29.1 Å². The van der Waals surface area contributed by atoms with E-state index in [4.69, 9.17) is 0 Å². The number of amides is 1. The molecule has 1 amide bonds. The molecule has 0 bridgehead atoms. The van der Waals surface area contributed by atoms with Crippen LogP contribution in [0.1, 0.15) is 23.2 Å². The summed E-state index contributed by atoms with van der Waals surface area (Å²) < 4.78 is 3.17. The molecule has 0 atom stereocenters. The third-order valence-corrected chi connectivity index (χ3v) is 6.67. The third kappa shape index (κ3) is 3.69. The number of halogens is 3. The molecule has 1 fully saturated rings. The minimum absolute atomic E-state index is 0.0165. The molecule has 1 aromatic carbocycles. The summed E-state index contributed by atoms with van der Waals surface area (Å²) in [6, 6.07) is 3.97. The van der Waals surface area contributed by atoms with Crippen LogP contribution < -0.4 is 5.32 Å². The van der Waals surface area contributed by atoms with Gasteiger partial charge in [-0.25, -0.2) is 0 Å². The Kier molecular flexibility index (Phi) is 5.52. The van der Waals surface area contributed by atoms with Crippen molar-refractivity contribution in [3.8, 4) is 0 Å². The van der Waals surface area contributed by atoms with Crippen LogP contribution in [0.4, 0.5) is 0 Å². The summed E-state index contributed by atoms with van der Waals surface area (Å²) in [5.41, 5.74) is 0.742. The maximum absolute atomic E-state index is 12.1. The highest BCUT2D eigenvalue weighted by molar-refractivity contribution is 14.1. The van der Waals surface area contributed by atoms with Crippen molar-refractivity contribution in [1.82, 2.24) is 5.32 Å². The van der Waals surface area contributed by atoms with E-state index in [1.165, 1.54) is 0 Å². The zero-order chi connectivity index (χ0) is 13.3. The fourth-order valence-corrected chi connectivity index (χ4v) is 4.32. The monoisotopic (exact) mass is 583 g/mol. The molecule has 0 spiro atoms. The molecule has 1 aliphatic rings. The highest BCUT2D eigenvalue weighted by Gasteiger charge is 2.27. The smallest absolute Gasteiger partial charge is 0.252 e. The second-order valence-electron chi connectivity index (χ2n) is 4.45. The number of nitrogens with one attached hydrogen (secondary N) is 1. The lowest BCUT2D eigenvalue weighted by molar-refractivity contribution is 0.0420. The Balaban J connectivity index is 2.00. The minimum Gasteiger partial charge on any atom is -0.393 e. The summed E-state index contributed by atoms with van der Waals surface area (Å²) in [5, 5.41) is 12.2. The quantitative estimate of drug-likeness (QED) is 0.425. The molecule has 6 heteroatoms. The van der Waals surface area contributed by atoms with Crippen LogP contribution in [0.15, 0.2) is 12.1 Å². The number of hydrogen-bond acceptors (Lipinski definition) is 2. The number of benzene rings is 1. The summed E-state index contributed by atoms with van der Waals surface area (Å²) >= 11 is 6.68. The van der Waals surface area contributed by atoms with Crippen molar-refractivity contribution in [3.63, 3.8) is 0 Å². The van der Waals surface area contributed by atoms with Crippen LogP contribution in [0.25, 0.3) is 0 Å². The Hall–Kier alpha value is 0.840. The summed E-state index contributed by atoms with van der Waals surface area (Å²) in [7, 11) is 0. The van der Waals surface area contributed by atoms with Gasteiger partial charge in [-0.2, -0.15) is 0 Å². The van der Waals surface area contributed by atoms with Crippen molar-refractivity contribution in [2.75, 3.05) is 6.54 Å². The summed E-state index contributed by atoms with van der Waals surface area (Å²) in [4.78, 5) is 12.1. The molecule has 0 radical (unpaired) electrons. The molecule has 1 aliphatic carbocycles. The molecule has 0 unspecified atom stereocenters. The van der Waals surface area contributed by atoms with Gasteiger partial charge in [-0.3, -0.25) is 4.79 Å². The molecule has 0 aliphatic heterocycles. The molecule has 2 rings (SSSR count). The molecule has 18 heavy (non-hydrogen) atoms. The average Bonchev–Trinajstić information content (AvgIpc) is 2.27. The lowest BCUT2D eigenvalue weighted by Crippen LogP contribution is -2.38. The van der Waals surface area contributed by atoms with E-state index in [0.29, 0.717) is 12.5 Å². The van der Waals surface area contributed by atoms with Crippen LogP contribution in [0.2, 0.25) is 0 Å². The van der Waals surface area contributed by atoms with Gasteiger partial charge in [0, 0.05) is 17.3 Å². The normalized spacial score (nSPS) is 22.4. The standard InChI is InChI=1S/C12H12I3NO2/c13-7-3-9(11(15)10(14)4-7)12(18)16-5-6-1-8(17)2-6/h3-4,6,8,17H,1-2,5H2,(H,16,18). The first-order chi connectivity index (χ1) is 8.47. The molecule has 0 aromatic heterocycles. The van der Waals surface area contributed by atoms with Crippen molar-refractivity contribution in [1.29, 1.82) is 0 Å². The van der Waals surface area contributed by atoms with E-state index in [-0.39, 0.29) is 12.0 Å². The van der Waals surface area contributed by atoms with E-state index in [2.05, 4.69) is 79.2 Å². The number of carbonyl (C=O) groups is 1. The van der Waals surface area contributed by atoms with Gasteiger partial charge in [0.25, 0.3) is 5.91 Å². The van der Waals surface area contributed by atoms with Crippen LogP contribution in [-0.4, -0.2) is 23.7 Å². The van der Waals surface area contributed by atoms with Crippen LogP contribution in [0, 0.1) is 16.6 Å². The minimum atomic E-state index is -0.161. The Morgan fingerprint density at radius 2 is 2.00 bits per heavy atom. The number of aliphatic hydroxyl groups is 1.